The molecule has 0 aliphatic rings. The molecule has 0 spiro atoms. The van der Waals surface area contributed by atoms with Crippen LogP contribution in [-0.2, 0) is 17.9 Å². The Balaban J connectivity index is 2.31. The van der Waals surface area contributed by atoms with Crippen LogP contribution in [0.25, 0.3) is 0 Å². The van der Waals surface area contributed by atoms with Crippen LogP contribution in [0.2, 0.25) is 0 Å². The fourth-order valence-electron chi connectivity index (χ4n) is 1.42. The Hall–Kier alpha value is -1.14. The first-order chi connectivity index (χ1) is 8.87. The zero-order chi connectivity index (χ0) is 14.3. The molecular formula is C13H19F3N2O. The van der Waals surface area contributed by atoms with E-state index < -0.39 is 12.8 Å². The summed E-state index contributed by atoms with van der Waals surface area (Å²) < 4.78 is 40.2. The highest BCUT2D eigenvalue weighted by molar-refractivity contribution is 5.13. The van der Waals surface area contributed by atoms with E-state index in [1.54, 1.807) is 12.3 Å². The maximum absolute atomic E-state index is 11.9. The highest BCUT2D eigenvalue weighted by Crippen LogP contribution is 2.15. The minimum atomic E-state index is -4.29. The molecular weight excluding hydrogens is 257 g/mol. The number of rotatable bonds is 7. The fourth-order valence-corrected chi connectivity index (χ4v) is 1.42. The normalized spacial score (nSPS) is 12.1. The molecule has 1 N–H and O–H groups in total. The van der Waals surface area contributed by atoms with Crippen LogP contribution in [-0.4, -0.2) is 24.3 Å². The van der Waals surface area contributed by atoms with Crippen LogP contribution in [0.3, 0.4) is 0 Å². The second-order valence-electron chi connectivity index (χ2n) is 4.79. The number of halogens is 3. The zero-order valence-electron chi connectivity index (χ0n) is 11.1. The summed E-state index contributed by atoms with van der Waals surface area (Å²) in [6.45, 7) is 4.48. The van der Waals surface area contributed by atoms with Crippen LogP contribution in [0.15, 0.2) is 18.3 Å². The molecule has 0 aromatic carbocycles. The monoisotopic (exact) mass is 276 g/mol. The topological polar surface area (TPSA) is 34.1 Å². The van der Waals surface area contributed by atoms with Crippen molar-refractivity contribution in [1.82, 2.24) is 10.3 Å². The van der Waals surface area contributed by atoms with Crippen molar-refractivity contribution < 1.29 is 17.9 Å². The molecule has 0 aliphatic carbocycles. The third-order valence-corrected chi connectivity index (χ3v) is 2.28. The highest BCUT2D eigenvalue weighted by Gasteiger charge is 2.27. The Kier molecular flexibility index (Phi) is 6.24. The van der Waals surface area contributed by atoms with Gasteiger partial charge in [0.2, 0.25) is 0 Å². The van der Waals surface area contributed by atoms with E-state index in [0.717, 1.165) is 12.1 Å². The average Bonchev–Trinajstić information content (AvgIpc) is 2.29. The van der Waals surface area contributed by atoms with Gasteiger partial charge in [0.05, 0.1) is 12.3 Å². The number of aromatic nitrogens is 1. The van der Waals surface area contributed by atoms with E-state index in [2.05, 4.69) is 28.9 Å². The molecule has 3 nitrogen and oxygen atoms in total. The van der Waals surface area contributed by atoms with E-state index in [0.29, 0.717) is 18.2 Å². The van der Waals surface area contributed by atoms with E-state index >= 15 is 0 Å². The standard InChI is InChI=1S/C13H19F3N2O/c1-10(2)5-17-6-11-3-4-12(18-7-11)8-19-9-13(14,15)16/h3-4,7,10,17H,5-6,8-9H2,1-2H3. The van der Waals surface area contributed by atoms with Gasteiger partial charge >= 0.3 is 6.18 Å². The van der Waals surface area contributed by atoms with Crippen molar-refractivity contribution in [3.8, 4) is 0 Å². The number of nitrogens with zero attached hydrogens (tertiary/aromatic N) is 1. The molecule has 0 bridgehead atoms. The second-order valence-corrected chi connectivity index (χ2v) is 4.79. The maximum Gasteiger partial charge on any atom is 0.411 e. The molecule has 1 heterocycles. The number of nitrogens with one attached hydrogen (secondary N) is 1. The highest BCUT2D eigenvalue weighted by atomic mass is 19.4. The van der Waals surface area contributed by atoms with Gasteiger partial charge in [0.15, 0.2) is 0 Å². The Bertz CT molecular complexity index is 363. The van der Waals surface area contributed by atoms with Gasteiger partial charge in [0.25, 0.3) is 0 Å². The summed E-state index contributed by atoms with van der Waals surface area (Å²) in [6.07, 6.45) is -2.64. The zero-order valence-corrected chi connectivity index (χ0v) is 11.1. The summed E-state index contributed by atoms with van der Waals surface area (Å²) in [5, 5.41) is 3.26. The quantitative estimate of drug-likeness (QED) is 0.831. The van der Waals surface area contributed by atoms with Crippen LogP contribution >= 0.6 is 0 Å². The molecule has 6 heteroatoms. The lowest BCUT2D eigenvalue weighted by Crippen LogP contribution is -2.19. The summed E-state index contributed by atoms with van der Waals surface area (Å²) in [4.78, 5) is 4.06. The summed E-state index contributed by atoms with van der Waals surface area (Å²) >= 11 is 0. The second kappa shape index (κ2) is 7.45. The molecule has 0 radical (unpaired) electrons. The minimum absolute atomic E-state index is 0.126. The molecule has 0 saturated carbocycles. The van der Waals surface area contributed by atoms with Gasteiger partial charge in [0, 0.05) is 12.7 Å². The van der Waals surface area contributed by atoms with E-state index in [-0.39, 0.29) is 6.61 Å². The average molecular weight is 276 g/mol. The van der Waals surface area contributed by atoms with Gasteiger partial charge < -0.3 is 10.1 Å². The van der Waals surface area contributed by atoms with E-state index in [1.807, 2.05) is 6.07 Å². The van der Waals surface area contributed by atoms with Gasteiger partial charge in [-0.2, -0.15) is 13.2 Å². The smallest absolute Gasteiger partial charge is 0.366 e. The lowest BCUT2D eigenvalue weighted by atomic mass is 10.2. The SMILES string of the molecule is CC(C)CNCc1ccc(COCC(F)(F)F)nc1. The first-order valence-electron chi connectivity index (χ1n) is 6.16. The number of hydrogen-bond acceptors (Lipinski definition) is 3. The molecule has 0 unspecified atom stereocenters. The number of hydrogen-bond donors (Lipinski definition) is 1. The van der Waals surface area contributed by atoms with E-state index in [4.69, 9.17) is 0 Å². The van der Waals surface area contributed by atoms with E-state index in [9.17, 15) is 13.2 Å². The molecule has 0 amide bonds. The van der Waals surface area contributed by atoms with Crippen molar-refractivity contribution >= 4 is 0 Å². The molecule has 0 fully saturated rings. The largest absolute Gasteiger partial charge is 0.411 e. The van der Waals surface area contributed by atoms with Gasteiger partial charge in [-0.05, 0) is 24.1 Å². The van der Waals surface area contributed by atoms with E-state index in [1.165, 1.54) is 0 Å². The Morgan fingerprint density at radius 1 is 1.32 bits per heavy atom. The minimum Gasteiger partial charge on any atom is -0.366 e. The first kappa shape index (κ1) is 15.9. The van der Waals surface area contributed by atoms with Gasteiger partial charge in [-0.1, -0.05) is 19.9 Å². The summed E-state index contributed by atoms with van der Waals surface area (Å²) in [5.41, 5.74) is 1.50. The lowest BCUT2D eigenvalue weighted by molar-refractivity contribution is -0.176. The molecule has 1 aromatic heterocycles. The van der Waals surface area contributed by atoms with Crippen molar-refractivity contribution in [3.63, 3.8) is 0 Å². The summed E-state index contributed by atoms with van der Waals surface area (Å²) in [6, 6.07) is 3.52. The molecule has 0 atom stereocenters. The summed E-state index contributed by atoms with van der Waals surface area (Å²) in [7, 11) is 0. The van der Waals surface area contributed by atoms with Crippen molar-refractivity contribution in [2.24, 2.45) is 5.92 Å². The molecule has 108 valence electrons. The van der Waals surface area contributed by atoms with Crippen LogP contribution < -0.4 is 5.32 Å². The fraction of sp³-hybridized carbons (Fsp3) is 0.615. The number of alkyl halides is 3. The Labute approximate surface area is 111 Å². The first-order valence-corrected chi connectivity index (χ1v) is 6.16. The molecule has 1 rings (SSSR count). The molecule has 0 aliphatic heterocycles. The Morgan fingerprint density at radius 3 is 2.58 bits per heavy atom. The maximum atomic E-state index is 11.9. The third-order valence-electron chi connectivity index (χ3n) is 2.28. The Morgan fingerprint density at radius 2 is 2.05 bits per heavy atom. The molecule has 19 heavy (non-hydrogen) atoms. The number of ether oxygens (including phenoxy) is 1. The number of pyridine rings is 1. The summed E-state index contributed by atoms with van der Waals surface area (Å²) in [5.74, 6) is 0.572. The van der Waals surface area contributed by atoms with Crippen LogP contribution in [0.4, 0.5) is 13.2 Å². The van der Waals surface area contributed by atoms with Crippen molar-refractivity contribution in [2.75, 3.05) is 13.2 Å². The molecule has 0 saturated heterocycles. The van der Waals surface area contributed by atoms with Gasteiger partial charge in [0.1, 0.15) is 6.61 Å². The third kappa shape index (κ3) is 7.79. The lowest BCUT2D eigenvalue weighted by Gasteiger charge is -2.09. The van der Waals surface area contributed by atoms with Gasteiger partial charge in [-0.3, -0.25) is 4.98 Å². The van der Waals surface area contributed by atoms with Crippen molar-refractivity contribution in [1.29, 1.82) is 0 Å². The van der Waals surface area contributed by atoms with Crippen LogP contribution in [0, 0.1) is 5.92 Å². The molecule has 1 aromatic rings. The van der Waals surface area contributed by atoms with Gasteiger partial charge in [-0.15, -0.1) is 0 Å². The van der Waals surface area contributed by atoms with Crippen molar-refractivity contribution in [2.45, 2.75) is 33.2 Å². The van der Waals surface area contributed by atoms with Gasteiger partial charge in [-0.25, -0.2) is 0 Å². The van der Waals surface area contributed by atoms with Crippen LogP contribution in [0.1, 0.15) is 25.1 Å². The van der Waals surface area contributed by atoms with Crippen molar-refractivity contribution in [3.05, 3.63) is 29.6 Å². The predicted octanol–water partition coefficient (Wildman–Crippen LogP) is 2.91. The van der Waals surface area contributed by atoms with Crippen LogP contribution in [0.5, 0.6) is 0 Å². The predicted molar refractivity (Wildman–Crippen MR) is 66.5 cm³/mol.